The second-order valence-corrected chi connectivity index (χ2v) is 15.1. The van der Waals surface area contributed by atoms with E-state index < -0.39 is 20.0 Å². The number of hydrogen-bond donors (Lipinski definition) is 0. The van der Waals surface area contributed by atoms with Gasteiger partial charge in [-0.05, 0) is 87.8 Å². The quantitative estimate of drug-likeness (QED) is 0.426. The molecular formula is C27H36ClN3O5S2. The zero-order valence-electron chi connectivity index (χ0n) is 21.9. The van der Waals surface area contributed by atoms with Crippen LogP contribution in [0.15, 0.2) is 41.6 Å². The average Bonchev–Trinajstić information content (AvgIpc) is 3.45. The highest BCUT2D eigenvalue weighted by Gasteiger charge is 2.47. The van der Waals surface area contributed by atoms with Gasteiger partial charge in [-0.15, -0.1) is 0 Å². The van der Waals surface area contributed by atoms with E-state index >= 15 is 0 Å². The summed E-state index contributed by atoms with van der Waals surface area (Å²) in [5, 5.41) is 0.548. The second kappa shape index (κ2) is 11.0. The Balaban J connectivity index is 1.20. The minimum absolute atomic E-state index is 0.00133. The molecule has 3 aliphatic heterocycles. The average molecular weight is 582 g/mol. The summed E-state index contributed by atoms with van der Waals surface area (Å²) in [5.74, 6) is 0.806. The molecule has 208 valence electrons. The Morgan fingerprint density at radius 1 is 1.00 bits per heavy atom. The monoisotopic (exact) mass is 581 g/mol. The first-order valence-electron chi connectivity index (χ1n) is 13.4. The lowest BCUT2D eigenvalue weighted by Gasteiger charge is -2.38. The number of ether oxygens (including phenoxy) is 1. The first-order valence-corrected chi connectivity index (χ1v) is 16.9. The van der Waals surface area contributed by atoms with Crippen LogP contribution in [0, 0.1) is 13.8 Å². The molecule has 38 heavy (non-hydrogen) atoms. The number of fused-ring (bicyclic) bond motifs is 2. The van der Waals surface area contributed by atoms with Gasteiger partial charge in [-0.25, -0.2) is 16.8 Å². The van der Waals surface area contributed by atoms with Crippen LogP contribution in [-0.2, 0) is 20.0 Å². The lowest BCUT2D eigenvalue weighted by molar-refractivity contribution is 0.0956. The number of aromatic nitrogens is 1. The van der Waals surface area contributed by atoms with Crippen LogP contribution in [0.25, 0.3) is 0 Å². The molecule has 2 aromatic rings. The van der Waals surface area contributed by atoms with Gasteiger partial charge in [0, 0.05) is 54.9 Å². The van der Waals surface area contributed by atoms with Crippen molar-refractivity contribution in [1.29, 1.82) is 0 Å². The van der Waals surface area contributed by atoms with Crippen LogP contribution in [0.3, 0.4) is 0 Å². The molecule has 11 heteroatoms. The Labute approximate surface area is 231 Å². The Morgan fingerprint density at radius 2 is 1.68 bits per heavy atom. The molecule has 8 nitrogen and oxygen atoms in total. The van der Waals surface area contributed by atoms with Crippen molar-refractivity contribution in [2.75, 3.05) is 12.3 Å². The van der Waals surface area contributed by atoms with Gasteiger partial charge in [0.1, 0.15) is 11.9 Å². The van der Waals surface area contributed by atoms with Crippen molar-refractivity contribution in [3.63, 3.8) is 0 Å². The second-order valence-electron chi connectivity index (χ2n) is 10.8. The third kappa shape index (κ3) is 5.61. The van der Waals surface area contributed by atoms with Gasteiger partial charge in [0.15, 0.2) is 0 Å². The summed E-state index contributed by atoms with van der Waals surface area (Å²) < 4.78 is 63.4. The first kappa shape index (κ1) is 27.8. The largest absolute Gasteiger partial charge is 0.490 e. The summed E-state index contributed by atoms with van der Waals surface area (Å²) in [7, 11) is -7.13. The van der Waals surface area contributed by atoms with Crippen LogP contribution in [0.5, 0.6) is 5.75 Å². The van der Waals surface area contributed by atoms with E-state index in [1.54, 1.807) is 47.0 Å². The lowest BCUT2D eigenvalue weighted by atomic mass is 10.0. The van der Waals surface area contributed by atoms with Crippen LogP contribution in [0.2, 0.25) is 5.02 Å². The van der Waals surface area contributed by atoms with Gasteiger partial charge in [-0.2, -0.15) is 8.61 Å². The number of hydrogen-bond acceptors (Lipinski definition) is 6. The molecule has 3 saturated heterocycles. The van der Waals surface area contributed by atoms with Crippen LogP contribution in [0.4, 0.5) is 0 Å². The molecule has 5 rings (SSSR count). The van der Waals surface area contributed by atoms with Gasteiger partial charge in [-0.3, -0.25) is 4.98 Å². The maximum Gasteiger partial charge on any atom is 0.243 e. The van der Waals surface area contributed by atoms with Gasteiger partial charge < -0.3 is 4.74 Å². The van der Waals surface area contributed by atoms with Gasteiger partial charge >= 0.3 is 0 Å². The number of aryl methyl sites for hydroxylation is 2. The van der Waals surface area contributed by atoms with E-state index in [0.29, 0.717) is 42.8 Å². The molecule has 4 heterocycles. The van der Waals surface area contributed by atoms with E-state index in [1.807, 2.05) is 12.1 Å². The third-order valence-electron chi connectivity index (χ3n) is 8.20. The Kier molecular flexibility index (Phi) is 8.09. The van der Waals surface area contributed by atoms with Crippen molar-refractivity contribution < 1.29 is 21.6 Å². The molecule has 0 amide bonds. The summed E-state index contributed by atoms with van der Waals surface area (Å²) in [4.78, 5) is 4.30. The lowest BCUT2D eigenvalue weighted by Crippen LogP contribution is -2.50. The maximum atomic E-state index is 13.5. The van der Waals surface area contributed by atoms with Gasteiger partial charge in [0.05, 0.1) is 10.6 Å². The Bertz CT molecular complexity index is 1360. The standard InChI is InChI=1S/C27H36ClN3O5S2/c1-19-16-27(20(2)15-26(19)28)38(34,35)30-13-3-5-21(30)6-4-14-37(32,33)31-22-7-8-23(31)18-25(17-22)36-24-9-11-29-12-10-24/h9-12,15-16,21-23,25H,3-8,13-14,17-18H2,1-2H3/t21-,22+,23+/m0/s1. The van der Waals surface area contributed by atoms with Crippen LogP contribution >= 0.6 is 11.6 Å². The molecule has 1 aromatic heterocycles. The zero-order chi connectivity index (χ0) is 27.1. The highest BCUT2D eigenvalue weighted by molar-refractivity contribution is 7.89. The highest BCUT2D eigenvalue weighted by atomic mass is 35.5. The van der Waals surface area contributed by atoms with E-state index in [2.05, 4.69) is 4.98 Å². The van der Waals surface area contributed by atoms with Crippen molar-refractivity contribution in [3.05, 3.63) is 52.8 Å². The minimum atomic E-state index is -3.69. The fourth-order valence-electron chi connectivity index (χ4n) is 6.42. The number of benzene rings is 1. The predicted octanol–water partition coefficient (Wildman–Crippen LogP) is 4.69. The zero-order valence-corrected chi connectivity index (χ0v) is 24.3. The van der Waals surface area contributed by atoms with Crippen LogP contribution < -0.4 is 4.74 Å². The number of piperidine rings is 1. The van der Waals surface area contributed by atoms with Gasteiger partial charge in [0.2, 0.25) is 20.0 Å². The Hall–Kier alpha value is -1.72. The molecular weight excluding hydrogens is 546 g/mol. The molecule has 3 fully saturated rings. The van der Waals surface area contributed by atoms with E-state index in [1.165, 1.54) is 0 Å². The van der Waals surface area contributed by atoms with E-state index in [-0.39, 0.29) is 34.9 Å². The highest BCUT2D eigenvalue weighted by Crippen LogP contribution is 2.40. The SMILES string of the molecule is Cc1cc(S(=O)(=O)N2CCC[C@H]2CCCS(=O)(=O)N2[C@@H]3CC[C@@H]2CC(Oc2ccncc2)C3)c(C)cc1Cl. The van der Waals surface area contributed by atoms with Crippen molar-refractivity contribution in [3.8, 4) is 5.75 Å². The number of pyridine rings is 1. The smallest absolute Gasteiger partial charge is 0.243 e. The van der Waals surface area contributed by atoms with Gasteiger partial charge in [0.25, 0.3) is 0 Å². The van der Waals surface area contributed by atoms with E-state index in [9.17, 15) is 16.8 Å². The number of halogens is 1. The fraction of sp³-hybridized carbons (Fsp3) is 0.593. The van der Waals surface area contributed by atoms with E-state index in [0.717, 1.165) is 37.0 Å². The molecule has 0 spiro atoms. The number of sulfonamides is 2. The fourth-order valence-corrected chi connectivity index (χ4v) is 10.7. The number of nitrogens with zero attached hydrogens (tertiary/aromatic N) is 3. The molecule has 3 atom stereocenters. The summed E-state index contributed by atoms with van der Waals surface area (Å²) in [6.45, 7) is 4.01. The summed E-state index contributed by atoms with van der Waals surface area (Å²) in [6, 6.07) is 6.72. The Morgan fingerprint density at radius 3 is 2.37 bits per heavy atom. The van der Waals surface area contributed by atoms with Crippen molar-refractivity contribution in [2.24, 2.45) is 0 Å². The predicted molar refractivity (Wildman–Crippen MR) is 147 cm³/mol. The van der Waals surface area contributed by atoms with E-state index in [4.69, 9.17) is 16.3 Å². The molecule has 0 radical (unpaired) electrons. The molecule has 0 aliphatic carbocycles. The molecule has 2 bridgehead atoms. The summed E-state index contributed by atoms with van der Waals surface area (Å²) in [5.41, 5.74) is 1.35. The summed E-state index contributed by atoms with van der Waals surface area (Å²) >= 11 is 6.19. The van der Waals surface area contributed by atoms with Crippen LogP contribution in [-0.4, -0.2) is 67.0 Å². The topological polar surface area (TPSA) is 96.9 Å². The normalized spacial score (nSPS) is 26.6. The van der Waals surface area contributed by atoms with Crippen molar-refractivity contribution in [2.45, 2.75) is 94.3 Å². The number of rotatable bonds is 9. The molecule has 0 N–H and O–H groups in total. The molecule has 1 aromatic carbocycles. The molecule has 3 aliphatic rings. The molecule has 0 unspecified atom stereocenters. The summed E-state index contributed by atoms with van der Waals surface area (Å²) in [6.07, 6.45) is 8.95. The molecule has 0 saturated carbocycles. The third-order valence-corrected chi connectivity index (χ3v) is 12.7. The van der Waals surface area contributed by atoms with Gasteiger partial charge in [-0.1, -0.05) is 11.6 Å². The maximum absolute atomic E-state index is 13.5. The van der Waals surface area contributed by atoms with Crippen molar-refractivity contribution >= 4 is 31.6 Å². The first-order chi connectivity index (χ1) is 18.1. The minimum Gasteiger partial charge on any atom is -0.490 e. The van der Waals surface area contributed by atoms with Crippen LogP contribution in [0.1, 0.15) is 62.5 Å². The van der Waals surface area contributed by atoms with Crippen molar-refractivity contribution in [1.82, 2.24) is 13.6 Å².